The number of hydrogen-bond donors (Lipinski definition) is 0. The van der Waals surface area contributed by atoms with Crippen LogP contribution in [0.4, 0.5) is 0 Å². The fourth-order valence-corrected chi connectivity index (χ4v) is 2.46. The highest BCUT2D eigenvalue weighted by Gasteiger charge is 2.38. The summed E-state index contributed by atoms with van der Waals surface area (Å²) < 4.78 is 0. The Hall–Kier alpha value is -0.330. The molecule has 1 rings (SSSR count). The molecule has 0 amide bonds. The van der Waals surface area contributed by atoms with Crippen LogP contribution < -0.4 is 0 Å². The van der Waals surface area contributed by atoms with Crippen LogP contribution in [0.25, 0.3) is 0 Å². The average Bonchev–Trinajstić information content (AvgIpc) is 1.99. The smallest absolute Gasteiger partial charge is 0.133 e. The molecule has 1 fully saturated rings. The van der Waals surface area contributed by atoms with Gasteiger partial charge in [-0.1, -0.05) is 41.5 Å². The molecule has 88 valence electrons. The molecule has 0 heterocycles. The fraction of sp³-hybridized carbons (Fsp3) is 0.929. The van der Waals surface area contributed by atoms with Gasteiger partial charge in [-0.15, -0.1) is 0 Å². The lowest BCUT2D eigenvalue weighted by atomic mass is 9.63. The van der Waals surface area contributed by atoms with Crippen LogP contribution in [0.5, 0.6) is 0 Å². The monoisotopic (exact) mass is 210 g/mol. The van der Waals surface area contributed by atoms with E-state index in [4.69, 9.17) is 0 Å². The first kappa shape index (κ1) is 12.7. The van der Waals surface area contributed by atoms with Crippen molar-refractivity contribution in [3.8, 4) is 0 Å². The fourth-order valence-electron chi connectivity index (χ4n) is 2.46. The minimum atomic E-state index is 0.277. The van der Waals surface area contributed by atoms with E-state index in [1.165, 1.54) is 6.42 Å². The summed E-state index contributed by atoms with van der Waals surface area (Å²) in [4.78, 5) is 11.8. The van der Waals surface area contributed by atoms with Crippen LogP contribution in [0.15, 0.2) is 0 Å². The van der Waals surface area contributed by atoms with Crippen LogP contribution in [0, 0.1) is 22.7 Å². The lowest BCUT2D eigenvalue weighted by Gasteiger charge is -2.41. The van der Waals surface area contributed by atoms with E-state index in [2.05, 4.69) is 41.5 Å². The van der Waals surface area contributed by atoms with Gasteiger partial charge in [0, 0.05) is 12.8 Å². The van der Waals surface area contributed by atoms with Crippen molar-refractivity contribution < 1.29 is 4.79 Å². The summed E-state index contributed by atoms with van der Waals surface area (Å²) in [5.74, 6) is 1.62. The molecule has 0 aromatic carbocycles. The number of hydrogen-bond acceptors (Lipinski definition) is 1. The van der Waals surface area contributed by atoms with Gasteiger partial charge in [0.15, 0.2) is 0 Å². The van der Waals surface area contributed by atoms with E-state index in [9.17, 15) is 4.79 Å². The first-order valence-corrected chi connectivity index (χ1v) is 6.12. The molecular formula is C14H26O. The van der Waals surface area contributed by atoms with Crippen molar-refractivity contribution >= 4 is 5.78 Å². The highest BCUT2D eigenvalue weighted by atomic mass is 16.1. The summed E-state index contributed by atoms with van der Waals surface area (Å²) >= 11 is 0. The molecule has 2 atom stereocenters. The third-order valence-corrected chi connectivity index (χ3v) is 3.97. The molecule has 1 nitrogen and oxygen atoms in total. The standard InChI is InChI=1S/C14H26O/c1-13(2,3)10-7-11(14(4,5)6)9-12(15)8-10/h10-11H,7-9H2,1-6H3. The zero-order chi connectivity index (χ0) is 11.9. The van der Waals surface area contributed by atoms with Crippen molar-refractivity contribution in [1.82, 2.24) is 0 Å². The second-order valence-corrected chi connectivity index (χ2v) is 7.31. The molecule has 2 unspecified atom stereocenters. The Morgan fingerprint density at radius 3 is 1.47 bits per heavy atom. The van der Waals surface area contributed by atoms with Gasteiger partial charge in [0.1, 0.15) is 5.78 Å². The van der Waals surface area contributed by atoms with E-state index in [-0.39, 0.29) is 10.8 Å². The van der Waals surface area contributed by atoms with Gasteiger partial charge >= 0.3 is 0 Å². The summed E-state index contributed by atoms with van der Waals surface area (Å²) in [5, 5.41) is 0. The summed E-state index contributed by atoms with van der Waals surface area (Å²) in [6.07, 6.45) is 2.82. The topological polar surface area (TPSA) is 17.1 Å². The first-order chi connectivity index (χ1) is 6.60. The molecule has 1 heteroatoms. The summed E-state index contributed by atoms with van der Waals surface area (Å²) in [5.41, 5.74) is 0.555. The second-order valence-electron chi connectivity index (χ2n) is 7.31. The van der Waals surface area contributed by atoms with Crippen molar-refractivity contribution in [1.29, 1.82) is 0 Å². The summed E-state index contributed by atoms with van der Waals surface area (Å²) in [6, 6.07) is 0. The largest absolute Gasteiger partial charge is 0.300 e. The summed E-state index contributed by atoms with van der Waals surface area (Å²) in [7, 11) is 0. The number of Topliss-reactive ketones (excluding diaryl/α,β-unsaturated/α-hetero) is 1. The maximum absolute atomic E-state index is 11.8. The van der Waals surface area contributed by atoms with Crippen molar-refractivity contribution in [2.45, 2.75) is 60.8 Å². The molecule has 1 aliphatic carbocycles. The van der Waals surface area contributed by atoms with Crippen molar-refractivity contribution in [3.63, 3.8) is 0 Å². The third-order valence-electron chi connectivity index (χ3n) is 3.97. The molecule has 0 N–H and O–H groups in total. The molecule has 0 spiro atoms. The quantitative estimate of drug-likeness (QED) is 0.589. The van der Waals surface area contributed by atoms with E-state index >= 15 is 0 Å². The van der Waals surface area contributed by atoms with E-state index in [1.54, 1.807) is 0 Å². The van der Waals surface area contributed by atoms with Gasteiger partial charge in [0.25, 0.3) is 0 Å². The van der Waals surface area contributed by atoms with E-state index in [1.807, 2.05) is 0 Å². The van der Waals surface area contributed by atoms with Crippen LogP contribution in [0.1, 0.15) is 60.8 Å². The average molecular weight is 210 g/mol. The Kier molecular flexibility index (Phi) is 3.33. The SMILES string of the molecule is CC(C)(C)C1CC(=O)CC(C(C)(C)C)C1. The Bertz CT molecular complexity index is 215. The number of carbonyl (C=O) groups excluding carboxylic acids is 1. The molecule has 1 saturated carbocycles. The zero-order valence-corrected chi connectivity index (χ0v) is 11.2. The molecule has 15 heavy (non-hydrogen) atoms. The maximum Gasteiger partial charge on any atom is 0.133 e. The van der Waals surface area contributed by atoms with Gasteiger partial charge in [-0.25, -0.2) is 0 Å². The molecule has 0 aromatic heterocycles. The molecule has 0 radical (unpaired) electrons. The predicted molar refractivity (Wildman–Crippen MR) is 64.7 cm³/mol. The molecule has 0 bridgehead atoms. The minimum absolute atomic E-state index is 0.277. The Labute approximate surface area is 94.6 Å². The normalized spacial score (nSPS) is 29.3. The van der Waals surface area contributed by atoms with E-state index in [0.717, 1.165) is 12.8 Å². The van der Waals surface area contributed by atoms with E-state index in [0.29, 0.717) is 17.6 Å². The van der Waals surface area contributed by atoms with Crippen molar-refractivity contribution in [2.75, 3.05) is 0 Å². The maximum atomic E-state index is 11.8. The number of carbonyl (C=O) groups is 1. The predicted octanol–water partition coefficient (Wildman–Crippen LogP) is 4.06. The molecule has 1 aliphatic rings. The van der Waals surface area contributed by atoms with Crippen molar-refractivity contribution in [3.05, 3.63) is 0 Å². The highest BCUT2D eigenvalue weighted by molar-refractivity contribution is 5.79. The molecule has 0 aliphatic heterocycles. The van der Waals surface area contributed by atoms with Gasteiger partial charge in [-0.2, -0.15) is 0 Å². The zero-order valence-electron chi connectivity index (χ0n) is 11.2. The Balaban J connectivity index is 2.77. The molecule has 0 saturated heterocycles. The van der Waals surface area contributed by atoms with Gasteiger partial charge in [0.05, 0.1) is 0 Å². The second kappa shape index (κ2) is 3.92. The highest BCUT2D eigenvalue weighted by Crippen LogP contribution is 2.44. The van der Waals surface area contributed by atoms with Crippen LogP contribution >= 0.6 is 0 Å². The molecule has 0 aromatic rings. The number of ketones is 1. The lowest BCUT2D eigenvalue weighted by Crippen LogP contribution is -2.36. The number of rotatable bonds is 0. The van der Waals surface area contributed by atoms with Crippen LogP contribution in [0.3, 0.4) is 0 Å². The van der Waals surface area contributed by atoms with Crippen LogP contribution in [-0.2, 0) is 4.79 Å². The van der Waals surface area contributed by atoms with Gasteiger partial charge in [-0.05, 0) is 29.1 Å². The van der Waals surface area contributed by atoms with Gasteiger partial charge in [-0.3, -0.25) is 4.79 Å². The van der Waals surface area contributed by atoms with Crippen LogP contribution in [0.2, 0.25) is 0 Å². The molecular weight excluding hydrogens is 184 g/mol. The lowest BCUT2D eigenvalue weighted by molar-refractivity contribution is -0.126. The van der Waals surface area contributed by atoms with Gasteiger partial charge < -0.3 is 0 Å². The van der Waals surface area contributed by atoms with Gasteiger partial charge in [0.2, 0.25) is 0 Å². The van der Waals surface area contributed by atoms with E-state index < -0.39 is 0 Å². The first-order valence-electron chi connectivity index (χ1n) is 6.12. The van der Waals surface area contributed by atoms with Crippen molar-refractivity contribution in [2.24, 2.45) is 22.7 Å². The third kappa shape index (κ3) is 3.32. The Morgan fingerprint density at radius 2 is 1.20 bits per heavy atom. The Morgan fingerprint density at radius 1 is 0.867 bits per heavy atom. The summed E-state index contributed by atoms with van der Waals surface area (Å²) in [6.45, 7) is 13.6. The van der Waals surface area contributed by atoms with Crippen LogP contribution in [-0.4, -0.2) is 5.78 Å². The minimum Gasteiger partial charge on any atom is -0.300 e.